The van der Waals surface area contributed by atoms with Crippen molar-refractivity contribution >= 4 is 17.4 Å². The average molecular weight is 244 g/mol. The zero-order valence-corrected chi connectivity index (χ0v) is 10.5. The molecule has 5 heteroatoms. The Morgan fingerprint density at radius 1 is 1.38 bits per heavy atom. The molecule has 0 radical (unpaired) electrons. The number of unbranched alkanes of at least 4 members (excludes halogenated alkanes) is 1. The van der Waals surface area contributed by atoms with Gasteiger partial charge in [-0.25, -0.2) is 9.97 Å². The first-order valence-electron chi connectivity index (χ1n) is 5.59. The quantitative estimate of drug-likeness (QED) is 0.779. The van der Waals surface area contributed by atoms with E-state index in [4.69, 9.17) is 11.6 Å². The highest BCUT2D eigenvalue weighted by molar-refractivity contribution is 6.30. The predicted octanol–water partition coefficient (Wildman–Crippen LogP) is 2.25. The first-order valence-corrected chi connectivity index (χ1v) is 5.97. The van der Waals surface area contributed by atoms with E-state index >= 15 is 0 Å². The summed E-state index contributed by atoms with van der Waals surface area (Å²) in [5.74, 6) is 0.749. The molecule has 0 amide bonds. The van der Waals surface area contributed by atoms with E-state index in [1.165, 1.54) is 6.33 Å². The molecule has 0 spiro atoms. The van der Waals surface area contributed by atoms with Crippen molar-refractivity contribution in [2.24, 2.45) is 0 Å². The van der Waals surface area contributed by atoms with Crippen molar-refractivity contribution in [3.8, 4) is 0 Å². The molecule has 0 atom stereocenters. The van der Waals surface area contributed by atoms with Crippen molar-refractivity contribution in [3.05, 3.63) is 17.0 Å². The fourth-order valence-corrected chi connectivity index (χ4v) is 1.74. The maximum atomic E-state index is 9.28. The van der Waals surface area contributed by atoms with E-state index in [1.807, 2.05) is 0 Å². The van der Waals surface area contributed by atoms with Crippen molar-refractivity contribution in [1.29, 1.82) is 0 Å². The molecule has 4 nitrogen and oxygen atoms in total. The van der Waals surface area contributed by atoms with Crippen LogP contribution in [0, 0.1) is 0 Å². The summed E-state index contributed by atoms with van der Waals surface area (Å²) in [7, 11) is 0. The minimum atomic E-state index is -0.127. The molecule has 90 valence electrons. The van der Waals surface area contributed by atoms with Crippen LogP contribution in [0.5, 0.6) is 0 Å². The smallest absolute Gasteiger partial charge is 0.140 e. The Balaban J connectivity index is 2.94. The van der Waals surface area contributed by atoms with Gasteiger partial charge >= 0.3 is 0 Å². The highest BCUT2D eigenvalue weighted by Gasteiger charge is 2.13. The SMILES string of the molecule is CCCCN(CC)c1ncnc(Cl)c1CO. The van der Waals surface area contributed by atoms with Gasteiger partial charge in [-0.15, -0.1) is 0 Å². The Kier molecular flexibility index (Phi) is 5.49. The molecule has 16 heavy (non-hydrogen) atoms. The van der Waals surface area contributed by atoms with E-state index < -0.39 is 0 Å². The standard InChI is InChI=1S/C11H18ClN3O/c1-3-5-6-15(4-2)11-9(7-16)10(12)13-8-14-11/h8,16H,3-7H2,1-2H3. The van der Waals surface area contributed by atoms with Crippen LogP contribution < -0.4 is 4.90 Å². The van der Waals surface area contributed by atoms with Crippen LogP contribution in [0.3, 0.4) is 0 Å². The highest BCUT2D eigenvalue weighted by atomic mass is 35.5. The molecule has 1 aromatic heterocycles. The van der Waals surface area contributed by atoms with Gasteiger partial charge in [0.25, 0.3) is 0 Å². The molecule has 0 aliphatic carbocycles. The van der Waals surface area contributed by atoms with Crippen molar-refractivity contribution in [3.63, 3.8) is 0 Å². The number of nitrogens with zero attached hydrogens (tertiary/aromatic N) is 3. The molecular weight excluding hydrogens is 226 g/mol. The predicted molar refractivity (Wildman–Crippen MR) is 65.8 cm³/mol. The van der Waals surface area contributed by atoms with E-state index in [1.54, 1.807) is 0 Å². The third-order valence-corrected chi connectivity index (χ3v) is 2.82. The zero-order valence-electron chi connectivity index (χ0n) is 9.78. The van der Waals surface area contributed by atoms with E-state index in [9.17, 15) is 5.11 Å². The van der Waals surface area contributed by atoms with Gasteiger partial charge in [0, 0.05) is 13.1 Å². The Hall–Kier alpha value is -0.870. The number of anilines is 1. The summed E-state index contributed by atoms with van der Waals surface area (Å²) in [5, 5.41) is 9.61. The summed E-state index contributed by atoms with van der Waals surface area (Å²) >= 11 is 5.93. The van der Waals surface area contributed by atoms with Crippen LogP contribution in [0.1, 0.15) is 32.3 Å². The van der Waals surface area contributed by atoms with Gasteiger partial charge in [0.15, 0.2) is 0 Å². The Bertz CT molecular complexity index is 333. The second kappa shape index (κ2) is 6.66. The molecule has 1 aromatic rings. The summed E-state index contributed by atoms with van der Waals surface area (Å²) in [6.07, 6.45) is 3.66. The van der Waals surface area contributed by atoms with Gasteiger partial charge in [0.05, 0.1) is 12.2 Å². The molecule has 1 rings (SSSR count). The molecule has 0 saturated carbocycles. The summed E-state index contributed by atoms with van der Waals surface area (Å²) in [6.45, 7) is 5.85. The lowest BCUT2D eigenvalue weighted by atomic mass is 10.2. The number of rotatable bonds is 6. The van der Waals surface area contributed by atoms with E-state index in [0.717, 1.165) is 31.7 Å². The molecule has 1 heterocycles. The van der Waals surface area contributed by atoms with Gasteiger partial charge in [-0.2, -0.15) is 0 Å². The fraction of sp³-hybridized carbons (Fsp3) is 0.636. The molecular formula is C11H18ClN3O. The zero-order chi connectivity index (χ0) is 12.0. The Labute approximate surface area is 101 Å². The second-order valence-corrected chi connectivity index (χ2v) is 3.92. The maximum absolute atomic E-state index is 9.28. The molecule has 0 unspecified atom stereocenters. The lowest BCUT2D eigenvalue weighted by Crippen LogP contribution is -2.26. The molecule has 0 saturated heterocycles. The van der Waals surface area contributed by atoms with E-state index in [2.05, 4.69) is 28.7 Å². The maximum Gasteiger partial charge on any atom is 0.140 e. The van der Waals surface area contributed by atoms with Crippen molar-refractivity contribution < 1.29 is 5.11 Å². The first kappa shape index (κ1) is 13.2. The number of hydrogen-bond acceptors (Lipinski definition) is 4. The number of aromatic nitrogens is 2. The first-order chi connectivity index (χ1) is 7.74. The van der Waals surface area contributed by atoms with Gasteiger partial charge in [0.2, 0.25) is 0 Å². The number of aliphatic hydroxyl groups excluding tert-OH is 1. The van der Waals surface area contributed by atoms with E-state index in [-0.39, 0.29) is 6.61 Å². The van der Waals surface area contributed by atoms with Crippen LogP contribution in [0.25, 0.3) is 0 Å². The fourth-order valence-electron chi connectivity index (χ4n) is 1.55. The van der Waals surface area contributed by atoms with Crippen LogP contribution in [0.15, 0.2) is 6.33 Å². The lowest BCUT2D eigenvalue weighted by Gasteiger charge is -2.23. The second-order valence-electron chi connectivity index (χ2n) is 3.56. The minimum absolute atomic E-state index is 0.127. The number of hydrogen-bond donors (Lipinski definition) is 1. The Morgan fingerprint density at radius 2 is 2.12 bits per heavy atom. The van der Waals surface area contributed by atoms with Crippen molar-refractivity contribution in [2.75, 3.05) is 18.0 Å². The normalized spacial score (nSPS) is 10.5. The molecule has 1 N–H and O–H groups in total. The summed E-state index contributed by atoms with van der Waals surface area (Å²) < 4.78 is 0. The van der Waals surface area contributed by atoms with Crippen LogP contribution in [-0.2, 0) is 6.61 Å². The van der Waals surface area contributed by atoms with Gasteiger partial charge in [-0.05, 0) is 13.3 Å². The van der Waals surface area contributed by atoms with Crippen LogP contribution in [0.2, 0.25) is 5.15 Å². The molecule has 0 fully saturated rings. The summed E-state index contributed by atoms with van der Waals surface area (Å²) in [4.78, 5) is 10.2. The van der Waals surface area contributed by atoms with Gasteiger partial charge in [0.1, 0.15) is 17.3 Å². The van der Waals surface area contributed by atoms with Gasteiger partial charge < -0.3 is 10.0 Å². The van der Waals surface area contributed by atoms with Crippen LogP contribution >= 0.6 is 11.6 Å². The largest absolute Gasteiger partial charge is 0.391 e. The van der Waals surface area contributed by atoms with Crippen LogP contribution in [-0.4, -0.2) is 28.2 Å². The van der Waals surface area contributed by atoms with Crippen LogP contribution in [0.4, 0.5) is 5.82 Å². The third kappa shape index (κ3) is 3.06. The number of aliphatic hydroxyl groups is 1. The van der Waals surface area contributed by atoms with Crippen molar-refractivity contribution in [1.82, 2.24) is 9.97 Å². The van der Waals surface area contributed by atoms with Gasteiger partial charge in [-0.3, -0.25) is 0 Å². The highest BCUT2D eigenvalue weighted by Crippen LogP contribution is 2.23. The summed E-state index contributed by atoms with van der Waals surface area (Å²) in [6, 6.07) is 0. The monoisotopic (exact) mass is 243 g/mol. The molecule has 0 aliphatic heterocycles. The molecule has 0 aromatic carbocycles. The van der Waals surface area contributed by atoms with E-state index in [0.29, 0.717) is 10.7 Å². The molecule has 0 aliphatic rings. The average Bonchev–Trinajstić information content (AvgIpc) is 2.30. The topological polar surface area (TPSA) is 49.2 Å². The lowest BCUT2D eigenvalue weighted by molar-refractivity contribution is 0.281. The number of halogens is 1. The van der Waals surface area contributed by atoms with Gasteiger partial charge in [-0.1, -0.05) is 24.9 Å². The molecule has 0 bridgehead atoms. The minimum Gasteiger partial charge on any atom is -0.391 e. The Morgan fingerprint density at radius 3 is 2.69 bits per heavy atom. The van der Waals surface area contributed by atoms with Crippen molar-refractivity contribution in [2.45, 2.75) is 33.3 Å². The summed E-state index contributed by atoms with van der Waals surface area (Å²) in [5.41, 5.74) is 0.613. The third-order valence-electron chi connectivity index (χ3n) is 2.49.